The van der Waals surface area contributed by atoms with Crippen LogP contribution in [0.5, 0.6) is 0 Å². The number of imidazole rings is 1. The van der Waals surface area contributed by atoms with Crippen LogP contribution in [0.4, 0.5) is 4.39 Å². The van der Waals surface area contributed by atoms with Crippen molar-refractivity contribution >= 4 is 33.4 Å². The summed E-state index contributed by atoms with van der Waals surface area (Å²) in [6, 6.07) is 4.65. The van der Waals surface area contributed by atoms with E-state index in [0.717, 1.165) is 11.3 Å². The fourth-order valence-electron chi connectivity index (χ4n) is 1.91. The van der Waals surface area contributed by atoms with Crippen molar-refractivity contribution < 1.29 is 14.5 Å². The van der Waals surface area contributed by atoms with E-state index >= 15 is 0 Å². The molecule has 0 saturated carbocycles. The second-order valence-electron chi connectivity index (χ2n) is 4.69. The Hall–Kier alpha value is -2.04. The summed E-state index contributed by atoms with van der Waals surface area (Å²) in [4.78, 5) is 6.94. The number of hydrogen-bond donors (Lipinski definition) is 2. The Bertz CT molecular complexity index is 824. The maximum Gasteiger partial charge on any atom is 0.170 e. The van der Waals surface area contributed by atoms with Gasteiger partial charge in [0.1, 0.15) is 5.82 Å². The molecule has 3 rings (SSSR count). The number of H-pyrrole nitrogens is 1. The van der Waals surface area contributed by atoms with Crippen LogP contribution in [0.3, 0.4) is 0 Å². The number of hydrogen-bond acceptors (Lipinski definition) is 6. The number of halogens is 2. The highest BCUT2D eigenvalue weighted by Crippen LogP contribution is 2.24. The Labute approximate surface area is 149 Å². The van der Waals surface area contributed by atoms with Crippen molar-refractivity contribution in [1.82, 2.24) is 20.3 Å². The first-order valence-corrected chi connectivity index (χ1v) is 8.35. The van der Waals surface area contributed by atoms with Crippen molar-refractivity contribution in [2.45, 2.75) is 17.2 Å². The first kappa shape index (κ1) is 18.3. The monoisotopic (exact) mass is 413 g/mol. The standard InChI is InChI=1S/C14H11BrFN5OS.H2O/c15-10-3-8(1-2-11(10)16)4-12(17)13-14(21-22-20-13)23-6-9-5-18-7-19-9;/h1-3,5,7,17H,4,6H2,(H,18,19);1H2. The van der Waals surface area contributed by atoms with Crippen molar-refractivity contribution in [2.75, 3.05) is 0 Å². The minimum atomic E-state index is -0.334. The van der Waals surface area contributed by atoms with E-state index in [0.29, 0.717) is 27.4 Å². The highest BCUT2D eigenvalue weighted by molar-refractivity contribution is 9.10. The van der Waals surface area contributed by atoms with Crippen molar-refractivity contribution in [3.8, 4) is 0 Å². The van der Waals surface area contributed by atoms with Gasteiger partial charge in [0.25, 0.3) is 0 Å². The molecule has 0 saturated heterocycles. The van der Waals surface area contributed by atoms with E-state index in [1.807, 2.05) is 0 Å². The predicted molar refractivity (Wildman–Crippen MR) is 90.7 cm³/mol. The largest absolute Gasteiger partial charge is 0.412 e. The molecule has 126 valence electrons. The van der Waals surface area contributed by atoms with Crippen LogP contribution in [0.15, 0.2) is 44.9 Å². The number of aromatic nitrogens is 4. The summed E-state index contributed by atoms with van der Waals surface area (Å²) in [5.74, 6) is 0.288. The highest BCUT2D eigenvalue weighted by Gasteiger charge is 2.17. The van der Waals surface area contributed by atoms with Gasteiger partial charge in [-0.2, -0.15) is 0 Å². The lowest BCUT2D eigenvalue weighted by molar-refractivity contribution is 0.298. The summed E-state index contributed by atoms with van der Waals surface area (Å²) in [6.45, 7) is 0. The van der Waals surface area contributed by atoms with Gasteiger partial charge in [0, 0.05) is 24.1 Å². The third kappa shape index (κ3) is 4.28. The topological polar surface area (TPSA) is 123 Å². The molecular weight excluding hydrogens is 401 g/mol. The molecule has 4 N–H and O–H groups in total. The summed E-state index contributed by atoms with van der Waals surface area (Å²) in [5.41, 5.74) is 2.40. The van der Waals surface area contributed by atoms with Crippen molar-refractivity contribution in [2.24, 2.45) is 0 Å². The van der Waals surface area contributed by atoms with Crippen LogP contribution >= 0.6 is 27.7 Å². The van der Waals surface area contributed by atoms with E-state index in [2.05, 4.69) is 36.2 Å². The van der Waals surface area contributed by atoms with Crippen LogP contribution in [0.1, 0.15) is 17.0 Å². The summed E-state index contributed by atoms with van der Waals surface area (Å²) >= 11 is 4.55. The molecule has 7 nitrogen and oxygen atoms in total. The van der Waals surface area contributed by atoms with E-state index < -0.39 is 0 Å². The van der Waals surface area contributed by atoms with Crippen LogP contribution in [0.2, 0.25) is 0 Å². The molecular formula is C14H13BrFN5O2S. The lowest BCUT2D eigenvalue weighted by Crippen LogP contribution is -2.06. The van der Waals surface area contributed by atoms with Gasteiger partial charge in [0.15, 0.2) is 10.7 Å². The molecule has 24 heavy (non-hydrogen) atoms. The number of aromatic amines is 1. The average Bonchev–Trinajstić information content (AvgIpc) is 3.19. The first-order valence-electron chi connectivity index (χ1n) is 6.58. The molecule has 0 radical (unpaired) electrons. The first-order chi connectivity index (χ1) is 11.1. The average molecular weight is 414 g/mol. The van der Waals surface area contributed by atoms with Crippen LogP contribution in [0.25, 0.3) is 0 Å². The maximum absolute atomic E-state index is 13.3. The zero-order valence-electron chi connectivity index (χ0n) is 12.2. The Morgan fingerprint density at radius 3 is 2.92 bits per heavy atom. The van der Waals surface area contributed by atoms with Crippen LogP contribution in [0, 0.1) is 11.2 Å². The zero-order chi connectivity index (χ0) is 16.2. The molecule has 2 heterocycles. The van der Waals surface area contributed by atoms with Gasteiger partial charge in [-0.15, -0.1) is 0 Å². The SMILES string of the molecule is N=C(Cc1ccc(F)c(Br)c1)c1nonc1SCc1cnc[nH]1.O. The quantitative estimate of drug-likeness (QED) is 0.474. The van der Waals surface area contributed by atoms with E-state index in [-0.39, 0.29) is 17.0 Å². The molecule has 0 unspecified atom stereocenters. The molecule has 2 aromatic heterocycles. The van der Waals surface area contributed by atoms with E-state index in [1.54, 1.807) is 24.7 Å². The number of rotatable bonds is 6. The highest BCUT2D eigenvalue weighted by atomic mass is 79.9. The Morgan fingerprint density at radius 2 is 2.21 bits per heavy atom. The lowest BCUT2D eigenvalue weighted by Gasteiger charge is -2.04. The molecule has 0 amide bonds. The van der Waals surface area contributed by atoms with Crippen molar-refractivity contribution in [3.63, 3.8) is 0 Å². The van der Waals surface area contributed by atoms with Gasteiger partial charge >= 0.3 is 0 Å². The molecule has 0 fully saturated rings. The van der Waals surface area contributed by atoms with Crippen LogP contribution in [-0.4, -0.2) is 31.5 Å². The Balaban J connectivity index is 0.00000208. The normalized spacial score (nSPS) is 10.4. The minimum Gasteiger partial charge on any atom is -0.412 e. The molecule has 0 atom stereocenters. The third-order valence-electron chi connectivity index (χ3n) is 3.03. The fraction of sp³-hybridized carbons (Fsp3) is 0.143. The summed E-state index contributed by atoms with van der Waals surface area (Å²) < 4.78 is 18.4. The third-order valence-corrected chi connectivity index (χ3v) is 4.63. The van der Waals surface area contributed by atoms with Gasteiger partial charge in [0.05, 0.1) is 16.5 Å². The molecule has 0 aliphatic heterocycles. The minimum absolute atomic E-state index is 0. The van der Waals surface area contributed by atoms with Crippen LogP contribution < -0.4 is 0 Å². The smallest absolute Gasteiger partial charge is 0.170 e. The van der Waals surface area contributed by atoms with Gasteiger partial charge in [-0.3, -0.25) is 0 Å². The molecule has 1 aromatic carbocycles. The van der Waals surface area contributed by atoms with Gasteiger partial charge in [-0.25, -0.2) is 14.0 Å². The van der Waals surface area contributed by atoms with E-state index in [4.69, 9.17) is 10.0 Å². The molecule has 0 bridgehead atoms. The second-order valence-corrected chi connectivity index (χ2v) is 6.51. The van der Waals surface area contributed by atoms with E-state index in [1.165, 1.54) is 17.8 Å². The Morgan fingerprint density at radius 1 is 1.38 bits per heavy atom. The molecule has 3 aromatic rings. The predicted octanol–water partition coefficient (Wildman–Crippen LogP) is 2.77. The van der Waals surface area contributed by atoms with Gasteiger partial charge in [-0.05, 0) is 43.9 Å². The van der Waals surface area contributed by atoms with Gasteiger partial charge < -0.3 is 15.9 Å². The molecule has 0 aliphatic rings. The van der Waals surface area contributed by atoms with Crippen LogP contribution in [-0.2, 0) is 12.2 Å². The number of thioether (sulfide) groups is 1. The summed E-state index contributed by atoms with van der Waals surface area (Å²) in [7, 11) is 0. The van der Waals surface area contributed by atoms with E-state index in [9.17, 15) is 4.39 Å². The summed E-state index contributed by atoms with van der Waals surface area (Å²) in [6.07, 6.45) is 3.64. The zero-order valence-corrected chi connectivity index (χ0v) is 14.6. The van der Waals surface area contributed by atoms with Gasteiger partial charge in [-0.1, -0.05) is 17.8 Å². The summed E-state index contributed by atoms with van der Waals surface area (Å²) in [5, 5.41) is 16.4. The molecule has 0 spiro atoms. The van der Waals surface area contributed by atoms with Crippen molar-refractivity contribution in [3.05, 3.63) is 58.0 Å². The van der Waals surface area contributed by atoms with Crippen molar-refractivity contribution in [1.29, 1.82) is 5.41 Å². The van der Waals surface area contributed by atoms with Gasteiger partial charge in [0.2, 0.25) is 0 Å². The molecule has 0 aliphatic carbocycles. The Kier molecular flexibility index (Phi) is 6.23. The maximum atomic E-state index is 13.3. The molecule has 10 heteroatoms. The number of benzene rings is 1. The second kappa shape index (κ2) is 8.18. The number of nitrogens with one attached hydrogen (secondary N) is 2. The lowest BCUT2D eigenvalue weighted by atomic mass is 10.1. The number of nitrogens with zero attached hydrogens (tertiary/aromatic N) is 3. The fourth-order valence-corrected chi connectivity index (χ4v) is 3.17.